The van der Waals surface area contributed by atoms with Crippen LogP contribution in [-0.2, 0) is 11.3 Å². The van der Waals surface area contributed by atoms with Crippen LogP contribution in [0.1, 0.15) is 18.4 Å². The molecule has 1 saturated heterocycles. The van der Waals surface area contributed by atoms with Crippen LogP contribution < -0.4 is 14.8 Å². The molecule has 0 spiro atoms. The first-order valence-corrected chi connectivity index (χ1v) is 9.33. The van der Waals surface area contributed by atoms with E-state index in [2.05, 4.69) is 34.2 Å². The van der Waals surface area contributed by atoms with Crippen molar-refractivity contribution < 1.29 is 14.2 Å². The Balaban J connectivity index is 2.04. The van der Waals surface area contributed by atoms with E-state index in [9.17, 15) is 0 Å². The Hall–Kier alpha value is -1.99. The van der Waals surface area contributed by atoms with Gasteiger partial charge < -0.3 is 29.3 Å². The molecule has 1 aliphatic heterocycles. The van der Waals surface area contributed by atoms with E-state index in [0.29, 0.717) is 6.54 Å². The Morgan fingerprint density at radius 2 is 1.89 bits per heavy atom. The molecule has 152 valence electrons. The Kier molecular flexibility index (Phi) is 7.74. The first-order chi connectivity index (χ1) is 13.0. The number of hydrogen-bond donors (Lipinski definition) is 1. The van der Waals surface area contributed by atoms with Crippen molar-refractivity contribution in [1.29, 1.82) is 0 Å². The molecule has 7 nitrogen and oxygen atoms in total. The van der Waals surface area contributed by atoms with Gasteiger partial charge in [0, 0.05) is 57.6 Å². The largest absolute Gasteiger partial charge is 0.497 e. The third-order valence-corrected chi connectivity index (χ3v) is 5.42. The van der Waals surface area contributed by atoms with Crippen molar-refractivity contribution in [2.45, 2.75) is 24.9 Å². The summed E-state index contributed by atoms with van der Waals surface area (Å²) in [6, 6.07) is 5.88. The number of methoxy groups -OCH3 is 2. The maximum absolute atomic E-state index is 5.56. The number of likely N-dealkylation sites (N-methyl/N-ethyl adjacent to an activating group) is 1. The molecule has 1 aromatic carbocycles. The zero-order chi connectivity index (χ0) is 19.9. The summed E-state index contributed by atoms with van der Waals surface area (Å²) in [4.78, 5) is 8.88. The van der Waals surface area contributed by atoms with Gasteiger partial charge >= 0.3 is 0 Å². The van der Waals surface area contributed by atoms with Crippen LogP contribution in [0.5, 0.6) is 11.5 Å². The van der Waals surface area contributed by atoms with Crippen molar-refractivity contribution in [3.8, 4) is 11.5 Å². The Bertz CT molecular complexity index is 628. The molecule has 0 amide bonds. The normalized spacial score (nSPS) is 16.9. The molecule has 0 saturated carbocycles. The van der Waals surface area contributed by atoms with Gasteiger partial charge in [0.25, 0.3) is 0 Å². The molecule has 2 rings (SSSR count). The number of nitrogens with zero attached hydrogens (tertiary/aromatic N) is 3. The van der Waals surface area contributed by atoms with Crippen LogP contribution in [0, 0.1) is 0 Å². The molecule has 0 unspecified atom stereocenters. The molecule has 1 aromatic rings. The van der Waals surface area contributed by atoms with Crippen LogP contribution in [0.3, 0.4) is 0 Å². The Labute approximate surface area is 163 Å². The predicted molar refractivity (Wildman–Crippen MR) is 109 cm³/mol. The fourth-order valence-electron chi connectivity index (χ4n) is 3.47. The average molecular weight is 379 g/mol. The molecule has 0 aliphatic carbocycles. The number of rotatable bonds is 7. The monoisotopic (exact) mass is 378 g/mol. The molecule has 1 aliphatic rings. The highest BCUT2D eigenvalue weighted by molar-refractivity contribution is 5.79. The number of guanidine groups is 1. The van der Waals surface area contributed by atoms with Crippen LogP contribution >= 0.6 is 0 Å². The molecular formula is C20H34N4O3. The first-order valence-electron chi connectivity index (χ1n) is 9.33. The third-order valence-electron chi connectivity index (χ3n) is 5.42. The summed E-state index contributed by atoms with van der Waals surface area (Å²) in [7, 11) is 11.5. The molecule has 0 atom stereocenters. The van der Waals surface area contributed by atoms with Gasteiger partial charge in [-0.3, -0.25) is 4.99 Å². The second-order valence-electron chi connectivity index (χ2n) is 7.17. The summed E-state index contributed by atoms with van der Waals surface area (Å²) >= 11 is 0. The minimum atomic E-state index is 0.0901. The van der Waals surface area contributed by atoms with Crippen molar-refractivity contribution in [3.05, 3.63) is 23.8 Å². The van der Waals surface area contributed by atoms with Gasteiger partial charge in [0.05, 0.1) is 14.2 Å². The summed E-state index contributed by atoms with van der Waals surface area (Å²) in [5.74, 6) is 2.46. The van der Waals surface area contributed by atoms with Crippen LogP contribution in [0.2, 0.25) is 0 Å². The maximum Gasteiger partial charge on any atom is 0.193 e. The highest BCUT2D eigenvalue weighted by Crippen LogP contribution is 2.26. The zero-order valence-electron chi connectivity index (χ0n) is 17.5. The zero-order valence-corrected chi connectivity index (χ0v) is 17.5. The number of benzene rings is 1. The standard InChI is InChI=1S/C20H34N4O3/c1-21-19(22-15-20(23(2)3)9-11-27-12-10-20)24(4)14-16-7-8-17(25-5)13-18(16)26-6/h7-8,13H,9-12,14-15H2,1-6H3,(H,21,22). The van der Waals surface area contributed by atoms with E-state index in [-0.39, 0.29) is 5.54 Å². The number of aliphatic imine (C=N–C) groups is 1. The summed E-state index contributed by atoms with van der Waals surface area (Å²) in [6.07, 6.45) is 2.03. The van der Waals surface area contributed by atoms with E-state index in [1.807, 2.05) is 32.3 Å². The Morgan fingerprint density at radius 1 is 1.19 bits per heavy atom. The van der Waals surface area contributed by atoms with E-state index in [1.165, 1.54) is 0 Å². The number of nitrogens with one attached hydrogen (secondary N) is 1. The molecular weight excluding hydrogens is 344 g/mol. The predicted octanol–water partition coefficient (Wildman–Crippen LogP) is 1.82. The van der Waals surface area contributed by atoms with Crippen molar-refractivity contribution >= 4 is 5.96 Å². The first kappa shape index (κ1) is 21.3. The molecule has 0 aromatic heterocycles. The van der Waals surface area contributed by atoms with Gasteiger partial charge in [0.1, 0.15) is 11.5 Å². The fourth-order valence-corrected chi connectivity index (χ4v) is 3.47. The fraction of sp³-hybridized carbons (Fsp3) is 0.650. The van der Waals surface area contributed by atoms with Gasteiger partial charge in [-0.25, -0.2) is 0 Å². The minimum Gasteiger partial charge on any atom is -0.497 e. The van der Waals surface area contributed by atoms with Gasteiger partial charge in [0.2, 0.25) is 0 Å². The smallest absolute Gasteiger partial charge is 0.193 e. The molecule has 0 bridgehead atoms. The molecule has 7 heteroatoms. The summed E-state index contributed by atoms with van der Waals surface area (Å²) < 4.78 is 16.4. The summed E-state index contributed by atoms with van der Waals surface area (Å²) in [5.41, 5.74) is 1.17. The van der Waals surface area contributed by atoms with Crippen molar-refractivity contribution in [3.63, 3.8) is 0 Å². The van der Waals surface area contributed by atoms with E-state index < -0.39 is 0 Å². The highest BCUT2D eigenvalue weighted by Gasteiger charge is 2.35. The maximum atomic E-state index is 5.56. The lowest BCUT2D eigenvalue weighted by Crippen LogP contribution is -2.57. The van der Waals surface area contributed by atoms with Crippen LogP contribution in [0.25, 0.3) is 0 Å². The van der Waals surface area contributed by atoms with Gasteiger partial charge in [-0.1, -0.05) is 0 Å². The highest BCUT2D eigenvalue weighted by atomic mass is 16.5. The Morgan fingerprint density at radius 3 is 2.44 bits per heavy atom. The molecule has 1 heterocycles. The van der Waals surface area contributed by atoms with Gasteiger partial charge in [0.15, 0.2) is 5.96 Å². The van der Waals surface area contributed by atoms with E-state index in [4.69, 9.17) is 14.2 Å². The van der Waals surface area contributed by atoms with E-state index in [0.717, 1.165) is 55.6 Å². The van der Waals surface area contributed by atoms with Crippen molar-refractivity contribution in [2.75, 3.05) is 62.2 Å². The van der Waals surface area contributed by atoms with E-state index >= 15 is 0 Å². The lowest BCUT2D eigenvalue weighted by Gasteiger charge is -2.43. The second-order valence-corrected chi connectivity index (χ2v) is 7.17. The number of hydrogen-bond acceptors (Lipinski definition) is 5. The van der Waals surface area contributed by atoms with Crippen LogP contribution in [0.15, 0.2) is 23.2 Å². The van der Waals surface area contributed by atoms with Crippen LogP contribution in [-0.4, -0.2) is 83.5 Å². The quantitative estimate of drug-likeness (QED) is 0.577. The topological polar surface area (TPSA) is 58.6 Å². The lowest BCUT2D eigenvalue weighted by atomic mass is 9.88. The second kappa shape index (κ2) is 9.80. The average Bonchev–Trinajstić information content (AvgIpc) is 2.69. The van der Waals surface area contributed by atoms with Gasteiger partial charge in [-0.05, 0) is 39.1 Å². The minimum absolute atomic E-state index is 0.0901. The van der Waals surface area contributed by atoms with Crippen molar-refractivity contribution in [2.24, 2.45) is 4.99 Å². The van der Waals surface area contributed by atoms with Gasteiger partial charge in [-0.2, -0.15) is 0 Å². The SMILES string of the molecule is CN=C(NCC1(N(C)C)CCOCC1)N(C)Cc1ccc(OC)cc1OC. The molecule has 1 N–H and O–H groups in total. The van der Waals surface area contributed by atoms with Crippen LogP contribution in [0.4, 0.5) is 0 Å². The number of ether oxygens (including phenoxy) is 3. The van der Waals surface area contributed by atoms with E-state index in [1.54, 1.807) is 14.2 Å². The summed E-state index contributed by atoms with van der Waals surface area (Å²) in [6.45, 7) is 3.12. The van der Waals surface area contributed by atoms with Gasteiger partial charge in [-0.15, -0.1) is 0 Å². The van der Waals surface area contributed by atoms with Crippen molar-refractivity contribution in [1.82, 2.24) is 15.1 Å². The molecule has 0 radical (unpaired) electrons. The lowest BCUT2D eigenvalue weighted by molar-refractivity contribution is -0.00522. The molecule has 1 fully saturated rings. The molecule has 27 heavy (non-hydrogen) atoms. The third kappa shape index (κ3) is 5.26. The summed E-state index contributed by atoms with van der Waals surface area (Å²) in [5, 5.41) is 3.55.